The molecule has 2 aromatic carbocycles. The Morgan fingerprint density at radius 2 is 1.65 bits per heavy atom. The van der Waals surface area contributed by atoms with Gasteiger partial charge >= 0.3 is 0 Å². The molecule has 0 aliphatic carbocycles. The van der Waals surface area contributed by atoms with Crippen molar-refractivity contribution in [3.05, 3.63) is 70.0 Å². The number of benzene rings is 2. The topological polar surface area (TPSA) is 20.2 Å². The van der Waals surface area contributed by atoms with E-state index in [4.69, 9.17) is 11.6 Å². The van der Waals surface area contributed by atoms with Crippen LogP contribution in [-0.2, 0) is 5.41 Å². The van der Waals surface area contributed by atoms with Crippen LogP contribution < -0.4 is 0 Å². The number of aliphatic hydroxyl groups excluding tert-OH is 1. The SMILES string of the molecule is CC(C)(C)c1ccc(C(O)c2cccc(F)c2Cl)cc1. The van der Waals surface area contributed by atoms with E-state index in [0.717, 1.165) is 0 Å². The Balaban J connectivity index is 2.34. The first-order valence-corrected chi connectivity index (χ1v) is 6.91. The smallest absolute Gasteiger partial charge is 0.142 e. The van der Waals surface area contributed by atoms with Crippen LogP contribution in [0, 0.1) is 5.82 Å². The molecule has 1 N–H and O–H groups in total. The minimum absolute atomic E-state index is 0.0279. The number of hydrogen-bond donors (Lipinski definition) is 1. The third-order valence-electron chi connectivity index (χ3n) is 3.37. The lowest BCUT2D eigenvalue weighted by atomic mass is 9.86. The monoisotopic (exact) mass is 292 g/mol. The molecule has 0 saturated carbocycles. The fourth-order valence-corrected chi connectivity index (χ4v) is 2.31. The number of hydrogen-bond acceptors (Lipinski definition) is 1. The second-order valence-electron chi connectivity index (χ2n) is 5.92. The molecule has 0 bridgehead atoms. The maximum absolute atomic E-state index is 13.4. The van der Waals surface area contributed by atoms with Crippen LogP contribution >= 0.6 is 11.6 Å². The summed E-state index contributed by atoms with van der Waals surface area (Å²) in [4.78, 5) is 0. The van der Waals surface area contributed by atoms with E-state index in [1.54, 1.807) is 12.1 Å². The Morgan fingerprint density at radius 1 is 1.05 bits per heavy atom. The van der Waals surface area contributed by atoms with Crippen molar-refractivity contribution in [1.82, 2.24) is 0 Å². The van der Waals surface area contributed by atoms with Crippen LogP contribution in [0.1, 0.15) is 43.6 Å². The summed E-state index contributed by atoms with van der Waals surface area (Å²) < 4.78 is 13.4. The van der Waals surface area contributed by atoms with E-state index in [1.807, 2.05) is 24.3 Å². The lowest BCUT2D eigenvalue weighted by molar-refractivity contribution is 0.220. The summed E-state index contributed by atoms with van der Waals surface area (Å²) in [6, 6.07) is 12.1. The first kappa shape index (κ1) is 15.0. The summed E-state index contributed by atoms with van der Waals surface area (Å²) >= 11 is 5.91. The zero-order valence-corrected chi connectivity index (χ0v) is 12.6. The first-order valence-electron chi connectivity index (χ1n) is 6.53. The molecular formula is C17H18ClFO. The Kier molecular flexibility index (Phi) is 4.17. The van der Waals surface area contributed by atoms with Gasteiger partial charge < -0.3 is 5.11 Å². The van der Waals surface area contributed by atoms with Crippen LogP contribution in [0.5, 0.6) is 0 Å². The van der Waals surface area contributed by atoms with Gasteiger partial charge in [0.15, 0.2) is 0 Å². The van der Waals surface area contributed by atoms with Crippen LogP contribution in [0.2, 0.25) is 5.02 Å². The van der Waals surface area contributed by atoms with Crippen molar-refractivity contribution < 1.29 is 9.50 Å². The fourth-order valence-electron chi connectivity index (χ4n) is 2.08. The summed E-state index contributed by atoms with van der Waals surface area (Å²) in [5.74, 6) is -0.519. The van der Waals surface area contributed by atoms with Crippen molar-refractivity contribution >= 4 is 11.6 Å². The molecule has 1 atom stereocenters. The second-order valence-corrected chi connectivity index (χ2v) is 6.30. The summed E-state index contributed by atoms with van der Waals surface area (Å²) in [5.41, 5.74) is 2.32. The molecule has 0 saturated heterocycles. The van der Waals surface area contributed by atoms with E-state index in [-0.39, 0.29) is 10.4 Å². The van der Waals surface area contributed by atoms with Crippen LogP contribution in [0.25, 0.3) is 0 Å². The molecule has 1 nitrogen and oxygen atoms in total. The third kappa shape index (κ3) is 3.02. The highest BCUT2D eigenvalue weighted by molar-refractivity contribution is 6.31. The highest BCUT2D eigenvalue weighted by atomic mass is 35.5. The summed E-state index contributed by atoms with van der Waals surface area (Å²) in [7, 11) is 0. The normalized spacial score (nSPS) is 13.3. The van der Waals surface area contributed by atoms with Crippen molar-refractivity contribution in [3.63, 3.8) is 0 Å². The maximum Gasteiger partial charge on any atom is 0.142 e. The molecular weight excluding hydrogens is 275 g/mol. The zero-order chi connectivity index (χ0) is 14.9. The maximum atomic E-state index is 13.4. The molecule has 0 aromatic heterocycles. The van der Waals surface area contributed by atoms with Gasteiger partial charge in [-0.05, 0) is 22.6 Å². The van der Waals surface area contributed by atoms with Crippen LogP contribution in [-0.4, -0.2) is 5.11 Å². The Labute approximate surface area is 124 Å². The second kappa shape index (κ2) is 5.55. The van der Waals surface area contributed by atoms with Gasteiger partial charge in [-0.2, -0.15) is 0 Å². The highest BCUT2D eigenvalue weighted by Crippen LogP contribution is 2.31. The van der Waals surface area contributed by atoms with Crippen LogP contribution in [0.4, 0.5) is 4.39 Å². The largest absolute Gasteiger partial charge is 0.384 e. The van der Waals surface area contributed by atoms with Crippen LogP contribution in [0.15, 0.2) is 42.5 Å². The predicted octanol–water partition coefficient (Wildman–Crippen LogP) is 4.86. The van der Waals surface area contributed by atoms with Crippen molar-refractivity contribution in [3.8, 4) is 0 Å². The molecule has 0 heterocycles. The van der Waals surface area contributed by atoms with Gasteiger partial charge in [-0.1, -0.05) is 68.8 Å². The van der Waals surface area contributed by atoms with Gasteiger partial charge in [-0.25, -0.2) is 4.39 Å². The van der Waals surface area contributed by atoms with E-state index in [0.29, 0.717) is 11.1 Å². The lowest BCUT2D eigenvalue weighted by Gasteiger charge is -2.20. The molecule has 106 valence electrons. The van der Waals surface area contributed by atoms with E-state index >= 15 is 0 Å². The Bertz CT molecular complexity index is 599. The molecule has 2 aromatic rings. The minimum Gasteiger partial charge on any atom is -0.384 e. The molecule has 0 amide bonds. The zero-order valence-electron chi connectivity index (χ0n) is 11.8. The van der Waals surface area contributed by atoms with Gasteiger partial charge in [0, 0.05) is 5.56 Å². The minimum atomic E-state index is -0.924. The summed E-state index contributed by atoms with van der Waals surface area (Å²) in [6.45, 7) is 6.38. The van der Waals surface area contributed by atoms with E-state index in [1.165, 1.54) is 11.6 Å². The fraction of sp³-hybridized carbons (Fsp3) is 0.294. The van der Waals surface area contributed by atoms with Gasteiger partial charge in [0.05, 0.1) is 5.02 Å². The van der Waals surface area contributed by atoms with Crippen molar-refractivity contribution in [1.29, 1.82) is 0 Å². The summed E-state index contributed by atoms with van der Waals surface area (Å²) in [6.07, 6.45) is -0.924. The quantitative estimate of drug-likeness (QED) is 0.838. The molecule has 2 rings (SSSR count). The van der Waals surface area contributed by atoms with Gasteiger partial charge in [-0.15, -0.1) is 0 Å². The van der Waals surface area contributed by atoms with E-state index in [2.05, 4.69) is 20.8 Å². The Morgan fingerprint density at radius 3 is 2.20 bits per heavy atom. The average molecular weight is 293 g/mol. The molecule has 20 heavy (non-hydrogen) atoms. The number of rotatable bonds is 2. The molecule has 0 aliphatic heterocycles. The molecule has 0 aliphatic rings. The van der Waals surface area contributed by atoms with E-state index < -0.39 is 11.9 Å². The predicted molar refractivity (Wildman–Crippen MR) is 80.6 cm³/mol. The Hall–Kier alpha value is -1.38. The van der Waals surface area contributed by atoms with Gasteiger partial charge in [0.1, 0.15) is 11.9 Å². The molecule has 0 spiro atoms. The molecule has 1 unspecified atom stereocenters. The van der Waals surface area contributed by atoms with Crippen LogP contribution in [0.3, 0.4) is 0 Å². The van der Waals surface area contributed by atoms with Crippen molar-refractivity contribution in [2.45, 2.75) is 32.3 Å². The van der Waals surface area contributed by atoms with Gasteiger partial charge in [0.2, 0.25) is 0 Å². The highest BCUT2D eigenvalue weighted by Gasteiger charge is 2.18. The van der Waals surface area contributed by atoms with Gasteiger partial charge in [-0.3, -0.25) is 0 Å². The summed E-state index contributed by atoms with van der Waals surface area (Å²) in [5, 5.41) is 10.3. The van der Waals surface area contributed by atoms with Gasteiger partial charge in [0.25, 0.3) is 0 Å². The average Bonchev–Trinajstić information content (AvgIpc) is 2.40. The number of aliphatic hydroxyl groups is 1. The molecule has 3 heteroatoms. The molecule has 0 fully saturated rings. The first-order chi connectivity index (χ1) is 9.30. The lowest BCUT2D eigenvalue weighted by Crippen LogP contribution is -2.11. The molecule has 0 radical (unpaired) electrons. The number of halogens is 2. The van der Waals surface area contributed by atoms with Crippen molar-refractivity contribution in [2.24, 2.45) is 0 Å². The van der Waals surface area contributed by atoms with Crippen molar-refractivity contribution in [2.75, 3.05) is 0 Å². The third-order valence-corrected chi connectivity index (χ3v) is 3.77. The van der Waals surface area contributed by atoms with E-state index in [9.17, 15) is 9.50 Å². The standard InChI is InChI=1S/C17H18ClFO/c1-17(2,3)12-9-7-11(8-10-12)16(20)13-5-4-6-14(19)15(13)18/h4-10,16,20H,1-3H3.